The van der Waals surface area contributed by atoms with Gasteiger partial charge >= 0.3 is 12.1 Å². The number of carboxylic acid groups (broad SMARTS) is 1. The van der Waals surface area contributed by atoms with Crippen LogP contribution in [0.1, 0.15) is 30.3 Å². The molecule has 0 spiro atoms. The minimum absolute atomic E-state index is 0.278. The third kappa shape index (κ3) is 6.45. The Morgan fingerprint density at radius 3 is 2.70 bits per heavy atom. The molecule has 1 aliphatic heterocycles. The second-order valence-corrected chi connectivity index (χ2v) is 8.49. The molecule has 1 N–H and O–H groups in total. The van der Waals surface area contributed by atoms with E-state index in [0.29, 0.717) is 11.3 Å². The SMILES string of the molecule is COc1ccc(F)cc1-c1ccc2nc(C3CCCN(Cc4ccco4)C3)nn2c1.O=C(O)C(F)(F)F. The molecule has 8 nitrogen and oxygen atoms in total. The molecule has 0 aliphatic carbocycles. The van der Waals surface area contributed by atoms with E-state index in [4.69, 9.17) is 29.1 Å². The van der Waals surface area contributed by atoms with Gasteiger partial charge in [0.2, 0.25) is 0 Å². The molecule has 1 fully saturated rings. The van der Waals surface area contributed by atoms with Crippen LogP contribution in [-0.2, 0) is 11.3 Å². The summed E-state index contributed by atoms with van der Waals surface area (Å²) in [6.07, 6.45) is 0.682. The van der Waals surface area contributed by atoms with Gasteiger partial charge in [-0.1, -0.05) is 0 Å². The van der Waals surface area contributed by atoms with Crippen molar-refractivity contribution >= 4 is 11.6 Å². The number of furan rings is 1. The molecule has 0 radical (unpaired) electrons. The van der Waals surface area contributed by atoms with Crippen LogP contribution in [0.2, 0.25) is 0 Å². The second-order valence-electron chi connectivity index (χ2n) is 8.49. The van der Waals surface area contributed by atoms with Crippen molar-refractivity contribution in [2.45, 2.75) is 31.5 Å². The molecule has 1 saturated heterocycles. The molecule has 0 saturated carbocycles. The molecule has 37 heavy (non-hydrogen) atoms. The van der Waals surface area contributed by atoms with Gasteiger partial charge in [-0.2, -0.15) is 18.3 Å². The summed E-state index contributed by atoms with van der Waals surface area (Å²) >= 11 is 0. The average Bonchev–Trinajstić information content (AvgIpc) is 3.53. The molecule has 1 aliphatic rings. The number of hydrogen-bond donors (Lipinski definition) is 1. The van der Waals surface area contributed by atoms with E-state index in [0.717, 1.165) is 55.3 Å². The predicted molar refractivity (Wildman–Crippen MR) is 125 cm³/mol. The fraction of sp³-hybridized carbons (Fsp3) is 0.320. The van der Waals surface area contributed by atoms with Crippen molar-refractivity contribution in [3.8, 4) is 16.9 Å². The number of carboxylic acids is 1. The number of rotatable bonds is 5. The van der Waals surface area contributed by atoms with E-state index < -0.39 is 12.1 Å². The summed E-state index contributed by atoms with van der Waals surface area (Å²) in [4.78, 5) is 16.0. The lowest BCUT2D eigenvalue weighted by Gasteiger charge is -2.30. The molecular weight excluding hydrogens is 496 g/mol. The molecular formula is C25H24F4N4O4. The molecule has 0 amide bonds. The number of hydrogen-bond acceptors (Lipinski definition) is 6. The van der Waals surface area contributed by atoms with Crippen LogP contribution in [0, 0.1) is 5.82 Å². The Kier molecular flexibility index (Phi) is 7.77. The van der Waals surface area contributed by atoms with Crippen molar-refractivity contribution in [1.29, 1.82) is 0 Å². The Labute approximate surface area is 209 Å². The molecule has 3 aromatic heterocycles. The van der Waals surface area contributed by atoms with Gasteiger partial charge in [0.15, 0.2) is 11.5 Å². The summed E-state index contributed by atoms with van der Waals surface area (Å²) in [7, 11) is 1.58. The smallest absolute Gasteiger partial charge is 0.490 e. The highest BCUT2D eigenvalue weighted by Crippen LogP contribution is 2.31. The number of methoxy groups -OCH3 is 1. The van der Waals surface area contributed by atoms with Crippen LogP contribution in [0.4, 0.5) is 17.6 Å². The maximum Gasteiger partial charge on any atom is 0.490 e. The van der Waals surface area contributed by atoms with Crippen molar-refractivity contribution in [2.24, 2.45) is 0 Å². The summed E-state index contributed by atoms with van der Waals surface area (Å²) in [6.45, 7) is 2.76. The number of pyridine rings is 1. The number of nitrogens with zero attached hydrogens (tertiary/aromatic N) is 4. The van der Waals surface area contributed by atoms with E-state index in [2.05, 4.69) is 4.90 Å². The monoisotopic (exact) mass is 520 g/mol. The fourth-order valence-corrected chi connectivity index (χ4v) is 4.17. The van der Waals surface area contributed by atoms with Gasteiger partial charge in [-0.3, -0.25) is 4.90 Å². The number of fused-ring (bicyclic) bond motifs is 1. The van der Waals surface area contributed by atoms with Crippen molar-refractivity contribution in [1.82, 2.24) is 19.5 Å². The van der Waals surface area contributed by atoms with Gasteiger partial charge in [0, 0.05) is 29.8 Å². The van der Waals surface area contributed by atoms with Crippen LogP contribution in [0.5, 0.6) is 5.75 Å². The molecule has 5 rings (SSSR count). The number of aromatic nitrogens is 3. The topological polar surface area (TPSA) is 93.1 Å². The molecule has 4 aromatic rings. The minimum atomic E-state index is -5.08. The van der Waals surface area contributed by atoms with Crippen molar-refractivity contribution < 1.29 is 36.6 Å². The first kappa shape index (κ1) is 26.1. The first-order chi connectivity index (χ1) is 17.6. The standard InChI is InChI=1S/C23H23FN4O2.C2HF3O2/c1-29-21-8-7-18(24)12-20(21)16-6-9-22-25-23(26-28(22)14-16)17-4-2-10-27(13-17)15-19-5-3-11-30-19;3-2(4,5)1(6)7/h3,5-9,11-12,14,17H,2,4,10,13,15H2,1H3;(H,6,7). The van der Waals surface area contributed by atoms with Crippen LogP contribution in [0.25, 0.3) is 16.8 Å². The Morgan fingerprint density at radius 2 is 2.03 bits per heavy atom. The normalized spacial score (nSPS) is 16.3. The van der Waals surface area contributed by atoms with Gasteiger partial charge in [-0.15, -0.1) is 0 Å². The summed E-state index contributed by atoms with van der Waals surface area (Å²) in [5.41, 5.74) is 2.31. The Bertz CT molecular complexity index is 1350. The van der Waals surface area contributed by atoms with Crippen molar-refractivity contribution in [3.05, 3.63) is 72.3 Å². The Balaban J connectivity index is 0.000000405. The maximum atomic E-state index is 13.8. The van der Waals surface area contributed by atoms with Gasteiger partial charge in [0.25, 0.3) is 0 Å². The van der Waals surface area contributed by atoms with E-state index >= 15 is 0 Å². The summed E-state index contributed by atoms with van der Waals surface area (Å²) in [6, 6.07) is 12.3. The van der Waals surface area contributed by atoms with Crippen LogP contribution >= 0.6 is 0 Å². The van der Waals surface area contributed by atoms with Gasteiger partial charge in [0.05, 0.1) is 19.9 Å². The third-order valence-corrected chi connectivity index (χ3v) is 5.89. The zero-order valence-electron chi connectivity index (χ0n) is 19.8. The zero-order valence-corrected chi connectivity index (χ0v) is 19.8. The second kappa shape index (κ2) is 11.0. The van der Waals surface area contributed by atoms with Crippen molar-refractivity contribution in [2.75, 3.05) is 20.2 Å². The molecule has 4 heterocycles. The lowest BCUT2D eigenvalue weighted by Crippen LogP contribution is -2.34. The van der Waals surface area contributed by atoms with Crippen LogP contribution in [0.3, 0.4) is 0 Å². The van der Waals surface area contributed by atoms with Crippen LogP contribution in [0.15, 0.2) is 59.3 Å². The van der Waals surface area contributed by atoms with E-state index in [1.54, 1.807) is 24.0 Å². The number of benzene rings is 1. The quantitative estimate of drug-likeness (QED) is 0.364. The minimum Gasteiger partial charge on any atom is -0.496 e. The molecule has 196 valence electrons. The highest BCUT2D eigenvalue weighted by Gasteiger charge is 2.38. The maximum absolute atomic E-state index is 13.8. The lowest BCUT2D eigenvalue weighted by molar-refractivity contribution is -0.192. The van der Waals surface area contributed by atoms with Gasteiger partial charge in [-0.05, 0) is 61.9 Å². The predicted octanol–water partition coefficient (Wildman–Crippen LogP) is 5.15. The highest BCUT2D eigenvalue weighted by atomic mass is 19.4. The lowest BCUT2D eigenvalue weighted by atomic mass is 9.97. The van der Waals surface area contributed by atoms with Gasteiger partial charge < -0.3 is 14.3 Å². The van der Waals surface area contributed by atoms with Crippen LogP contribution in [-0.4, -0.2) is 56.9 Å². The number of ether oxygens (including phenoxy) is 1. The number of aliphatic carboxylic acids is 1. The number of carbonyl (C=O) groups is 1. The van der Waals surface area contributed by atoms with Crippen molar-refractivity contribution in [3.63, 3.8) is 0 Å². The molecule has 1 unspecified atom stereocenters. The first-order valence-electron chi connectivity index (χ1n) is 11.4. The molecule has 1 aromatic carbocycles. The van der Waals surface area contributed by atoms with E-state index in [9.17, 15) is 17.6 Å². The van der Waals surface area contributed by atoms with E-state index in [1.807, 2.05) is 30.5 Å². The first-order valence-corrected chi connectivity index (χ1v) is 11.4. The number of halogens is 4. The van der Waals surface area contributed by atoms with E-state index in [1.165, 1.54) is 12.1 Å². The summed E-state index contributed by atoms with van der Waals surface area (Å²) < 4.78 is 58.2. The Morgan fingerprint density at radius 1 is 1.24 bits per heavy atom. The summed E-state index contributed by atoms with van der Waals surface area (Å²) in [5.74, 6) is -0.330. The molecule has 0 bridgehead atoms. The largest absolute Gasteiger partial charge is 0.496 e. The van der Waals surface area contributed by atoms with E-state index in [-0.39, 0.29) is 11.7 Å². The third-order valence-electron chi connectivity index (χ3n) is 5.89. The number of piperidine rings is 1. The van der Waals surface area contributed by atoms with Gasteiger partial charge in [0.1, 0.15) is 17.3 Å². The highest BCUT2D eigenvalue weighted by molar-refractivity contribution is 5.73. The van der Waals surface area contributed by atoms with Crippen LogP contribution < -0.4 is 4.74 Å². The number of likely N-dealkylation sites (tertiary alicyclic amines) is 1. The number of alkyl halides is 3. The molecule has 12 heteroatoms. The average molecular weight is 520 g/mol. The Hall–Kier alpha value is -3.93. The van der Waals surface area contributed by atoms with Gasteiger partial charge in [-0.25, -0.2) is 18.7 Å². The zero-order chi connectivity index (χ0) is 26.6. The fourth-order valence-electron chi connectivity index (χ4n) is 4.17. The molecule has 1 atom stereocenters. The summed E-state index contributed by atoms with van der Waals surface area (Å²) in [5, 5.41) is 11.9.